The molecule has 1 aliphatic rings. The van der Waals surface area contributed by atoms with Gasteiger partial charge in [-0.3, -0.25) is 9.78 Å². The van der Waals surface area contributed by atoms with Crippen molar-refractivity contribution in [1.29, 1.82) is 0 Å². The van der Waals surface area contributed by atoms with Crippen molar-refractivity contribution < 1.29 is 9.18 Å². The van der Waals surface area contributed by atoms with Crippen LogP contribution in [0.3, 0.4) is 0 Å². The molecule has 0 radical (unpaired) electrons. The standard InChI is InChI=1S/C20H20FN5O/c1-13-11-24-19(25-13)18-17(22-7-8-23-18)15-5-3-9-26(12-15)20(27)14-4-2-6-16(21)10-14/h2,4,6-8,10-11,15H,3,5,9,12H2,1H3,(H,24,25). The van der Waals surface area contributed by atoms with Crippen LogP contribution in [-0.2, 0) is 0 Å². The summed E-state index contributed by atoms with van der Waals surface area (Å²) in [4.78, 5) is 31.2. The van der Waals surface area contributed by atoms with Gasteiger partial charge in [-0.1, -0.05) is 6.07 Å². The summed E-state index contributed by atoms with van der Waals surface area (Å²) in [6.07, 6.45) is 6.85. The van der Waals surface area contributed by atoms with Crippen LogP contribution in [0.15, 0.2) is 42.9 Å². The molecule has 0 aliphatic carbocycles. The van der Waals surface area contributed by atoms with Crippen molar-refractivity contribution in [2.75, 3.05) is 13.1 Å². The first-order valence-corrected chi connectivity index (χ1v) is 8.99. The maximum absolute atomic E-state index is 13.5. The maximum atomic E-state index is 13.5. The fourth-order valence-corrected chi connectivity index (χ4v) is 3.55. The number of likely N-dealkylation sites (tertiary alicyclic amines) is 1. The molecule has 1 atom stereocenters. The van der Waals surface area contributed by atoms with E-state index in [0.717, 1.165) is 29.9 Å². The van der Waals surface area contributed by atoms with E-state index in [0.29, 0.717) is 24.5 Å². The third-order valence-electron chi connectivity index (χ3n) is 4.82. The number of imidazole rings is 1. The van der Waals surface area contributed by atoms with E-state index >= 15 is 0 Å². The molecule has 4 rings (SSSR count). The van der Waals surface area contributed by atoms with Gasteiger partial charge in [0.2, 0.25) is 0 Å². The number of halogens is 1. The molecule has 138 valence electrons. The van der Waals surface area contributed by atoms with E-state index in [9.17, 15) is 9.18 Å². The number of carbonyl (C=O) groups is 1. The van der Waals surface area contributed by atoms with E-state index in [1.54, 1.807) is 35.6 Å². The molecule has 1 aliphatic heterocycles. The highest BCUT2D eigenvalue weighted by Gasteiger charge is 2.29. The summed E-state index contributed by atoms with van der Waals surface area (Å²) in [7, 11) is 0. The quantitative estimate of drug-likeness (QED) is 0.772. The van der Waals surface area contributed by atoms with Gasteiger partial charge in [0.05, 0.1) is 5.69 Å². The zero-order valence-electron chi connectivity index (χ0n) is 15.0. The number of rotatable bonds is 3. The van der Waals surface area contributed by atoms with Crippen molar-refractivity contribution in [2.24, 2.45) is 0 Å². The largest absolute Gasteiger partial charge is 0.341 e. The number of nitrogens with one attached hydrogen (secondary N) is 1. The molecule has 1 aromatic carbocycles. The average Bonchev–Trinajstić information content (AvgIpc) is 3.14. The van der Waals surface area contributed by atoms with E-state index in [1.807, 2.05) is 6.92 Å². The minimum Gasteiger partial charge on any atom is -0.341 e. The monoisotopic (exact) mass is 365 g/mol. The van der Waals surface area contributed by atoms with Gasteiger partial charge in [0, 0.05) is 48.9 Å². The molecule has 3 aromatic rings. The molecule has 1 unspecified atom stereocenters. The predicted molar refractivity (Wildman–Crippen MR) is 98.6 cm³/mol. The SMILES string of the molecule is Cc1cnc(-c2nccnc2C2CCCN(C(=O)c3cccc(F)c3)C2)[nH]1. The number of aromatic nitrogens is 4. The van der Waals surface area contributed by atoms with Crippen molar-refractivity contribution in [3.8, 4) is 11.5 Å². The van der Waals surface area contributed by atoms with Crippen LogP contribution in [0.1, 0.15) is 40.5 Å². The fraction of sp³-hybridized carbons (Fsp3) is 0.300. The first-order valence-electron chi connectivity index (χ1n) is 8.99. The van der Waals surface area contributed by atoms with Crippen LogP contribution in [0.25, 0.3) is 11.5 Å². The molecule has 1 N–H and O–H groups in total. The number of amides is 1. The van der Waals surface area contributed by atoms with E-state index in [1.165, 1.54) is 12.1 Å². The fourth-order valence-electron chi connectivity index (χ4n) is 3.55. The van der Waals surface area contributed by atoms with Gasteiger partial charge in [0.15, 0.2) is 5.82 Å². The topological polar surface area (TPSA) is 74.8 Å². The van der Waals surface area contributed by atoms with Gasteiger partial charge in [-0.15, -0.1) is 0 Å². The second kappa shape index (κ2) is 7.26. The van der Waals surface area contributed by atoms with Crippen molar-refractivity contribution in [1.82, 2.24) is 24.8 Å². The predicted octanol–water partition coefficient (Wildman–Crippen LogP) is 3.33. The van der Waals surface area contributed by atoms with Crippen molar-refractivity contribution in [3.63, 3.8) is 0 Å². The molecule has 1 amide bonds. The lowest BCUT2D eigenvalue weighted by Crippen LogP contribution is -2.39. The summed E-state index contributed by atoms with van der Waals surface area (Å²) in [6, 6.07) is 5.83. The van der Waals surface area contributed by atoms with Crippen LogP contribution in [-0.4, -0.2) is 43.8 Å². The van der Waals surface area contributed by atoms with Crippen molar-refractivity contribution in [3.05, 3.63) is 65.6 Å². The Balaban J connectivity index is 1.60. The van der Waals surface area contributed by atoms with Crippen molar-refractivity contribution in [2.45, 2.75) is 25.7 Å². The number of H-pyrrole nitrogens is 1. The second-order valence-corrected chi connectivity index (χ2v) is 6.81. The number of aromatic amines is 1. The molecule has 1 saturated heterocycles. The highest BCUT2D eigenvalue weighted by Crippen LogP contribution is 2.31. The number of benzene rings is 1. The molecule has 3 heterocycles. The lowest BCUT2D eigenvalue weighted by Gasteiger charge is -2.33. The van der Waals surface area contributed by atoms with Crippen LogP contribution in [0, 0.1) is 12.7 Å². The molecular formula is C20H20FN5O. The number of piperidine rings is 1. The van der Waals surface area contributed by atoms with Crippen LogP contribution in [0.2, 0.25) is 0 Å². The minimum absolute atomic E-state index is 0.0605. The average molecular weight is 365 g/mol. The number of hydrogen-bond acceptors (Lipinski definition) is 4. The summed E-state index contributed by atoms with van der Waals surface area (Å²) in [5, 5.41) is 0. The lowest BCUT2D eigenvalue weighted by atomic mass is 9.92. The van der Waals surface area contributed by atoms with Gasteiger partial charge >= 0.3 is 0 Å². The molecule has 1 fully saturated rings. The molecule has 27 heavy (non-hydrogen) atoms. The van der Waals surface area contributed by atoms with Crippen LogP contribution < -0.4 is 0 Å². The summed E-state index contributed by atoms with van der Waals surface area (Å²) in [5.74, 6) is 0.187. The number of nitrogens with zero attached hydrogens (tertiary/aromatic N) is 4. The molecule has 0 bridgehead atoms. The molecular weight excluding hydrogens is 345 g/mol. The summed E-state index contributed by atoms with van der Waals surface area (Å²) >= 11 is 0. The first kappa shape index (κ1) is 17.3. The Morgan fingerprint density at radius 3 is 2.89 bits per heavy atom. The molecule has 0 spiro atoms. The van der Waals surface area contributed by atoms with Crippen LogP contribution >= 0.6 is 0 Å². The Hall–Kier alpha value is -3.09. The Kier molecular flexibility index (Phi) is 4.66. The molecule has 7 heteroatoms. The molecule has 0 saturated carbocycles. The summed E-state index contributed by atoms with van der Waals surface area (Å²) < 4.78 is 13.5. The van der Waals surface area contributed by atoms with E-state index in [-0.39, 0.29) is 11.8 Å². The summed E-state index contributed by atoms with van der Waals surface area (Å²) in [6.45, 7) is 3.12. The Labute approximate surface area is 156 Å². The lowest BCUT2D eigenvalue weighted by molar-refractivity contribution is 0.0705. The van der Waals surface area contributed by atoms with Gasteiger partial charge in [0.25, 0.3) is 5.91 Å². The Morgan fingerprint density at radius 1 is 1.26 bits per heavy atom. The molecule has 2 aromatic heterocycles. The zero-order valence-corrected chi connectivity index (χ0v) is 15.0. The van der Waals surface area contributed by atoms with E-state index < -0.39 is 5.82 Å². The van der Waals surface area contributed by atoms with E-state index in [4.69, 9.17) is 0 Å². The molecule has 6 nitrogen and oxygen atoms in total. The van der Waals surface area contributed by atoms with Gasteiger partial charge < -0.3 is 9.88 Å². The smallest absolute Gasteiger partial charge is 0.253 e. The highest BCUT2D eigenvalue weighted by molar-refractivity contribution is 5.94. The Bertz CT molecular complexity index is 970. The van der Waals surface area contributed by atoms with Crippen molar-refractivity contribution >= 4 is 5.91 Å². The third kappa shape index (κ3) is 3.58. The zero-order chi connectivity index (χ0) is 18.8. The van der Waals surface area contributed by atoms with Gasteiger partial charge in [-0.05, 0) is 38.0 Å². The second-order valence-electron chi connectivity index (χ2n) is 6.81. The highest BCUT2D eigenvalue weighted by atomic mass is 19.1. The van der Waals surface area contributed by atoms with Gasteiger partial charge in [-0.25, -0.2) is 14.4 Å². The minimum atomic E-state index is -0.404. The normalized spacial score (nSPS) is 17.1. The van der Waals surface area contributed by atoms with Crippen LogP contribution in [0.5, 0.6) is 0 Å². The summed E-state index contributed by atoms with van der Waals surface area (Å²) in [5.41, 5.74) is 2.88. The Morgan fingerprint density at radius 2 is 2.11 bits per heavy atom. The third-order valence-corrected chi connectivity index (χ3v) is 4.82. The van der Waals surface area contributed by atoms with Gasteiger partial charge in [-0.2, -0.15) is 0 Å². The number of carbonyl (C=O) groups excluding carboxylic acids is 1. The number of hydrogen-bond donors (Lipinski definition) is 1. The number of aryl methyl sites for hydroxylation is 1. The van der Waals surface area contributed by atoms with Gasteiger partial charge in [0.1, 0.15) is 11.5 Å². The maximum Gasteiger partial charge on any atom is 0.253 e. The first-order chi connectivity index (χ1) is 13.1. The van der Waals surface area contributed by atoms with E-state index in [2.05, 4.69) is 19.9 Å². The van der Waals surface area contributed by atoms with Crippen LogP contribution in [0.4, 0.5) is 4.39 Å².